The number of benzene rings is 1. The summed E-state index contributed by atoms with van der Waals surface area (Å²) in [4.78, 5) is 16.9. The number of unbranched alkanes of at least 4 members (excludes halogenated alkanes) is 1. The molecule has 0 aliphatic carbocycles. The fourth-order valence-electron chi connectivity index (χ4n) is 1.63. The summed E-state index contributed by atoms with van der Waals surface area (Å²) in [7, 11) is 0. The molecule has 0 bridgehead atoms. The van der Waals surface area contributed by atoms with Crippen molar-refractivity contribution in [3.8, 4) is 0 Å². The maximum absolute atomic E-state index is 11.3. The quantitative estimate of drug-likeness (QED) is 0.424. The van der Waals surface area contributed by atoms with Crippen LogP contribution in [0.1, 0.15) is 33.1 Å². The Morgan fingerprint density at radius 1 is 1.30 bits per heavy atom. The molecule has 0 fully saturated rings. The van der Waals surface area contributed by atoms with Gasteiger partial charge in [-0.05, 0) is 31.6 Å². The molecule has 1 atom stereocenters. The summed E-state index contributed by atoms with van der Waals surface area (Å²) in [6.45, 7) is 4.29. The first-order chi connectivity index (χ1) is 9.76. The molecule has 0 unspecified atom stereocenters. The fraction of sp³-hybridized carbons (Fsp3) is 0.438. The van der Waals surface area contributed by atoms with Crippen LogP contribution in [0.4, 0.5) is 5.69 Å². The highest BCUT2D eigenvalue weighted by Crippen LogP contribution is 2.10. The van der Waals surface area contributed by atoms with Crippen LogP contribution in [0.25, 0.3) is 0 Å². The van der Waals surface area contributed by atoms with Crippen molar-refractivity contribution in [2.24, 2.45) is 0 Å². The van der Waals surface area contributed by atoms with Gasteiger partial charge in [-0.1, -0.05) is 38.0 Å². The van der Waals surface area contributed by atoms with Gasteiger partial charge in [0.05, 0.1) is 12.3 Å². The summed E-state index contributed by atoms with van der Waals surface area (Å²) < 4.78 is 4.86. The second-order valence-electron chi connectivity index (χ2n) is 4.38. The molecule has 0 radical (unpaired) electrons. The van der Waals surface area contributed by atoms with Gasteiger partial charge in [0, 0.05) is 6.08 Å². The van der Waals surface area contributed by atoms with Gasteiger partial charge in [0.2, 0.25) is 0 Å². The molecule has 0 heterocycles. The number of para-hydroxylation sites is 1. The van der Waals surface area contributed by atoms with Crippen molar-refractivity contribution in [3.63, 3.8) is 0 Å². The number of carbonyl (C=O) groups excluding carboxylic acids is 1. The Hall–Kier alpha value is -1.81. The standard InChI is InChI=1S/C16H23NO3/c1-3-5-11-15(12-13-16(18)19-4-2)20-17-14-9-7-6-8-10-14/h6-10,12-13,15,17H,3-5,11H2,1-2H3/b13-12+/t15-/m0/s1. The second-order valence-corrected chi connectivity index (χ2v) is 4.38. The van der Waals surface area contributed by atoms with Crippen LogP contribution in [0.2, 0.25) is 0 Å². The minimum absolute atomic E-state index is 0.153. The Balaban J connectivity index is 2.48. The molecule has 1 N–H and O–H groups in total. The monoisotopic (exact) mass is 277 g/mol. The first-order valence-corrected chi connectivity index (χ1v) is 7.08. The van der Waals surface area contributed by atoms with Gasteiger partial charge in [0.1, 0.15) is 6.10 Å². The van der Waals surface area contributed by atoms with Gasteiger partial charge >= 0.3 is 5.97 Å². The lowest BCUT2D eigenvalue weighted by Crippen LogP contribution is -2.15. The molecular weight excluding hydrogens is 254 g/mol. The Morgan fingerprint density at radius 2 is 2.05 bits per heavy atom. The fourth-order valence-corrected chi connectivity index (χ4v) is 1.63. The number of ether oxygens (including phenoxy) is 1. The van der Waals surface area contributed by atoms with Crippen molar-refractivity contribution in [2.75, 3.05) is 12.1 Å². The van der Waals surface area contributed by atoms with Crippen LogP contribution in [0.5, 0.6) is 0 Å². The zero-order valence-corrected chi connectivity index (χ0v) is 12.2. The number of hydrogen-bond donors (Lipinski definition) is 1. The topological polar surface area (TPSA) is 47.6 Å². The molecule has 110 valence electrons. The molecule has 4 nitrogen and oxygen atoms in total. The van der Waals surface area contributed by atoms with Crippen LogP contribution >= 0.6 is 0 Å². The van der Waals surface area contributed by atoms with E-state index in [4.69, 9.17) is 9.57 Å². The van der Waals surface area contributed by atoms with Crippen molar-refractivity contribution in [2.45, 2.75) is 39.2 Å². The zero-order valence-electron chi connectivity index (χ0n) is 12.2. The highest BCUT2D eigenvalue weighted by molar-refractivity contribution is 5.81. The minimum atomic E-state index is -0.336. The molecule has 0 saturated carbocycles. The third-order valence-electron chi connectivity index (χ3n) is 2.68. The van der Waals surface area contributed by atoms with Gasteiger partial charge in [-0.2, -0.15) is 0 Å². The van der Waals surface area contributed by atoms with Crippen LogP contribution in [0, 0.1) is 0 Å². The second kappa shape index (κ2) is 10.0. The van der Waals surface area contributed by atoms with Crippen molar-refractivity contribution >= 4 is 11.7 Å². The lowest BCUT2D eigenvalue weighted by atomic mass is 10.1. The summed E-state index contributed by atoms with van der Waals surface area (Å²) >= 11 is 0. The third kappa shape index (κ3) is 6.95. The molecular formula is C16H23NO3. The van der Waals surface area contributed by atoms with Gasteiger partial charge < -0.3 is 4.74 Å². The highest BCUT2D eigenvalue weighted by atomic mass is 16.7. The molecule has 4 heteroatoms. The van der Waals surface area contributed by atoms with Crippen molar-refractivity contribution < 1.29 is 14.4 Å². The maximum atomic E-state index is 11.3. The van der Waals surface area contributed by atoms with E-state index < -0.39 is 0 Å². The molecule has 1 aromatic carbocycles. The lowest BCUT2D eigenvalue weighted by Gasteiger charge is -2.14. The SMILES string of the molecule is CCCC[C@@H](/C=C/C(=O)OCC)ONc1ccccc1. The molecule has 0 saturated heterocycles. The smallest absolute Gasteiger partial charge is 0.330 e. The number of nitrogens with one attached hydrogen (secondary N) is 1. The average Bonchev–Trinajstić information content (AvgIpc) is 2.48. The molecule has 0 aliphatic heterocycles. The predicted molar refractivity (Wildman–Crippen MR) is 80.2 cm³/mol. The molecule has 0 aromatic heterocycles. The van der Waals surface area contributed by atoms with Gasteiger partial charge in [-0.25, -0.2) is 4.79 Å². The van der Waals surface area contributed by atoms with Gasteiger partial charge in [0.25, 0.3) is 0 Å². The number of anilines is 1. The largest absolute Gasteiger partial charge is 0.463 e. The highest BCUT2D eigenvalue weighted by Gasteiger charge is 2.06. The average molecular weight is 277 g/mol. The van der Waals surface area contributed by atoms with E-state index in [0.717, 1.165) is 24.9 Å². The van der Waals surface area contributed by atoms with E-state index in [2.05, 4.69) is 12.4 Å². The van der Waals surface area contributed by atoms with Crippen LogP contribution in [-0.4, -0.2) is 18.7 Å². The van der Waals surface area contributed by atoms with Crippen molar-refractivity contribution in [3.05, 3.63) is 42.5 Å². The van der Waals surface area contributed by atoms with Gasteiger partial charge in [-0.3, -0.25) is 10.3 Å². The van der Waals surface area contributed by atoms with Crippen molar-refractivity contribution in [1.29, 1.82) is 0 Å². The van der Waals surface area contributed by atoms with Gasteiger partial charge in [0.15, 0.2) is 0 Å². The lowest BCUT2D eigenvalue weighted by molar-refractivity contribution is -0.137. The van der Waals surface area contributed by atoms with E-state index in [1.807, 2.05) is 30.3 Å². The predicted octanol–water partition coefficient (Wildman–Crippen LogP) is 3.71. The van der Waals surface area contributed by atoms with Crippen LogP contribution in [0.15, 0.2) is 42.5 Å². The van der Waals surface area contributed by atoms with E-state index in [9.17, 15) is 4.79 Å². The molecule has 20 heavy (non-hydrogen) atoms. The summed E-state index contributed by atoms with van der Waals surface area (Å²) in [6, 6.07) is 9.65. The zero-order chi connectivity index (χ0) is 14.6. The van der Waals surface area contributed by atoms with E-state index in [-0.39, 0.29) is 12.1 Å². The Labute approximate surface area is 120 Å². The maximum Gasteiger partial charge on any atom is 0.330 e. The first-order valence-electron chi connectivity index (χ1n) is 7.08. The van der Waals surface area contributed by atoms with E-state index >= 15 is 0 Å². The van der Waals surface area contributed by atoms with Crippen molar-refractivity contribution in [1.82, 2.24) is 0 Å². The number of hydrogen-bond acceptors (Lipinski definition) is 4. The molecule has 0 spiro atoms. The van der Waals surface area contributed by atoms with E-state index in [0.29, 0.717) is 6.61 Å². The van der Waals surface area contributed by atoms with Crippen LogP contribution in [0.3, 0.4) is 0 Å². The van der Waals surface area contributed by atoms with Crippen LogP contribution in [-0.2, 0) is 14.4 Å². The van der Waals surface area contributed by atoms with Crippen LogP contribution < -0.4 is 5.48 Å². The number of rotatable bonds is 9. The Morgan fingerprint density at radius 3 is 2.70 bits per heavy atom. The normalized spacial score (nSPS) is 12.3. The minimum Gasteiger partial charge on any atom is -0.463 e. The Kier molecular flexibility index (Phi) is 8.15. The van der Waals surface area contributed by atoms with E-state index in [1.165, 1.54) is 6.08 Å². The van der Waals surface area contributed by atoms with E-state index in [1.54, 1.807) is 13.0 Å². The summed E-state index contributed by atoms with van der Waals surface area (Å²) in [5.41, 5.74) is 3.79. The Bertz CT molecular complexity index is 403. The molecule has 0 aliphatic rings. The molecule has 1 aromatic rings. The summed E-state index contributed by atoms with van der Waals surface area (Å²) in [5.74, 6) is -0.336. The first kappa shape index (κ1) is 16.2. The third-order valence-corrected chi connectivity index (χ3v) is 2.68. The number of carbonyl (C=O) groups is 1. The number of esters is 1. The summed E-state index contributed by atoms with van der Waals surface area (Å²) in [5, 5.41) is 0. The molecule has 0 amide bonds. The summed E-state index contributed by atoms with van der Waals surface area (Å²) in [6.07, 6.45) is 5.98. The molecule has 1 rings (SSSR count). The van der Waals surface area contributed by atoms with Gasteiger partial charge in [-0.15, -0.1) is 0 Å².